The molecule has 82 valence electrons. The predicted octanol–water partition coefficient (Wildman–Crippen LogP) is 3.71. The van der Waals surface area contributed by atoms with Crippen LogP contribution in [-0.2, 0) is 0 Å². The molecule has 0 saturated heterocycles. The number of nitrogens with zero attached hydrogens (tertiary/aromatic N) is 1. The highest BCUT2D eigenvalue weighted by atomic mass is 35.5. The number of benzene rings is 1. The minimum absolute atomic E-state index is 0.554. The van der Waals surface area contributed by atoms with Gasteiger partial charge >= 0.3 is 0 Å². The number of hydrogen-bond acceptors (Lipinski definition) is 3. The van der Waals surface area contributed by atoms with E-state index in [4.69, 9.17) is 28.9 Å². The molecule has 0 aliphatic rings. The highest BCUT2D eigenvalue weighted by molar-refractivity contribution is 6.35. The Morgan fingerprint density at radius 2 is 1.94 bits per heavy atom. The summed E-state index contributed by atoms with van der Waals surface area (Å²) in [6.45, 7) is 0. The number of nitrogens with two attached hydrogens (primary N) is 1. The summed E-state index contributed by atoms with van der Waals surface area (Å²) in [7, 11) is 0. The monoisotopic (exact) mass is 253 g/mol. The average molecular weight is 254 g/mol. The van der Waals surface area contributed by atoms with E-state index in [2.05, 4.69) is 10.3 Å². The number of rotatable bonds is 2. The third-order valence-corrected chi connectivity index (χ3v) is 2.61. The molecule has 0 aliphatic carbocycles. The molecule has 16 heavy (non-hydrogen) atoms. The van der Waals surface area contributed by atoms with Gasteiger partial charge in [0.15, 0.2) is 0 Å². The third-order valence-electron chi connectivity index (χ3n) is 2.05. The van der Waals surface area contributed by atoms with Gasteiger partial charge in [-0.2, -0.15) is 0 Å². The zero-order valence-corrected chi connectivity index (χ0v) is 9.76. The van der Waals surface area contributed by atoms with Gasteiger partial charge in [-0.1, -0.05) is 23.2 Å². The van der Waals surface area contributed by atoms with Crippen LogP contribution in [0.3, 0.4) is 0 Å². The van der Waals surface area contributed by atoms with Crippen LogP contribution < -0.4 is 11.1 Å². The summed E-state index contributed by atoms with van der Waals surface area (Å²) in [5.74, 6) is 0. The Morgan fingerprint density at radius 1 is 1.12 bits per heavy atom. The Kier molecular flexibility index (Phi) is 3.17. The summed E-state index contributed by atoms with van der Waals surface area (Å²) < 4.78 is 0. The maximum Gasteiger partial charge on any atom is 0.0739 e. The molecular weight excluding hydrogens is 245 g/mol. The Labute approximate surface area is 103 Å². The van der Waals surface area contributed by atoms with E-state index in [1.807, 2.05) is 0 Å². The lowest BCUT2D eigenvalue weighted by atomic mass is 10.3. The van der Waals surface area contributed by atoms with E-state index in [-0.39, 0.29) is 0 Å². The molecule has 0 radical (unpaired) electrons. The lowest BCUT2D eigenvalue weighted by Gasteiger charge is -2.10. The molecular formula is C11H9Cl2N3. The molecule has 1 aromatic heterocycles. The number of hydrogen-bond donors (Lipinski definition) is 2. The fourth-order valence-corrected chi connectivity index (χ4v) is 1.60. The van der Waals surface area contributed by atoms with E-state index in [1.54, 1.807) is 36.7 Å². The van der Waals surface area contributed by atoms with Crippen LogP contribution in [0.2, 0.25) is 10.0 Å². The van der Waals surface area contributed by atoms with Crippen molar-refractivity contribution in [2.24, 2.45) is 0 Å². The number of aromatic nitrogens is 1. The normalized spacial score (nSPS) is 10.1. The van der Waals surface area contributed by atoms with Gasteiger partial charge in [0.05, 0.1) is 28.3 Å². The fraction of sp³-hybridized carbons (Fsp3) is 0. The third kappa shape index (κ3) is 2.38. The van der Waals surface area contributed by atoms with Crippen molar-refractivity contribution >= 4 is 40.3 Å². The maximum absolute atomic E-state index is 6.02. The van der Waals surface area contributed by atoms with E-state index >= 15 is 0 Å². The standard InChI is InChI=1S/C11H9Cl2N3/c12-7-1-2-8(13)11(5-7)16-10-3-4-15-6-9(10)14/h1-6H,14H2,(H,15,16). The zero-order valence-electron chi connectivity index (χ0n) is 8.24. The SMILES string of the molecule is Nc1cnccc1Nc1cc(Cl)ccc1Cl. The van der Waals surface area contributed by atoms with Crippen molar-refractivity contribution < 1.29 is 0 Å². The first-order chi connectivity index (χ1) is 7.66. The number of nitrogen functional groups attached to an aromatic ring is 1. The molecule has 0 amide bonds. The molecule has 0 unspecified atom stereocenters. The summed E-state index contributed by atoms with van der Waals surface area (Å²) in [4.78, 5) is 3.90. The molecule has 0 fully saturated rings. The lowest BCUT2D eigenvalue weighted by Crippen LogP contribution is -1.97. The molecule has 3 nitrogen and oxygen atoms in total. The highest BCUT2D eigenvalue weighted by Gasteiger charge is 2.03. The quantitative estimate of drug-likeness (QED) is 0.858. The molecule has 0 bridgehead atoms. The number of anilines is 3. The van der Waals surface area contributed by atoms with Gasteiger partial charge < -0.3 is 11.1 Å². The van der Waals surface area contributed by atoms with E-state index in [1.165, 1.54) is 0 Å². The van der Waals surface area contributed by atoms with Crippen LogP contribution in [0.4, 0.5) is 17.1 Å². The molecule has 0 atom stereocenters. The van der Waals surface area contributed by atoms with Gasteiger partial charge in [0, 0.05) is 11.2 Å². The molecule has 2 aromatic rings. The van der Waals surface area contributed by atoms with Crippen LogP contribution in [0.5, 0.6) is 0 Å². The van der Waals surface area contributed by atoms with Gasteiger partial charge in [0.1, 0.15) is 0 Å². The van der Waals surface area contributed by atoms with Gasteiger partial charge in [0.2, 0.25) is 0 Å². The summed E-state index contributed by atoms with van der Waals surface area (Å²) in [5.41, 5.74) is 7.77. The second kappa shape index (κ2) is 4.60. The summed E-state index contributed by atoms with van der Waals surface area (Å²) >= 11 is 11.9. The Balaban J connectivity index is 2.34. The van der Waals surface area contributed by atoms with Crippen molar-refractivity contribution in [1.82, 2.24) is 4.98 Å². The number of nitrogens with one attached hydrogen (secondary N) is 1. The molecule has 3 N–H and O–H groups in total. The summed E-state index contributed by atoms with van der Waals surface area (Å²) in [6, 6.07) is 6.96. The Hall–Kier alpha value is -1.45. The van der Waals surface area contributed by atoms with Crippen molar-refractivity contribution in [2.75, 3.05) is 11.1 Å². The Bertz CT molecular complexity index is 514. The fourth-order valence-electron chi connectivity index (χ4n) is 1.26. The van der Waals surface area contributed by atoms with Gasteiger partial charge in [-0.25, -0.2) is 0 Å². The minimum Gasteiger partial charge on any atom is -0.396 e. The van der Waals surface area contributed by atoms with Crippen LogP contribution in [0.1, 0.15) is 0 Å². The van der Waals surface area contributed by atoms with E-state index in [9.17, 15) is 0 Å². The van der Waals surface area contributed by atoms with Crippen molar-refractivity contribution in [3.05, 3.63) is 46.7 Å². The van der Waals surface area contributed by atoms with E-state index < -0.39 is 0 Å². The predicted molar refractivity (Wildman–Crippen MR) is 68.4 cm³/mol. The van der Waals surface area contributed by atoms with Crippen LogP contribution in [0.25, 0.3) is 0 Å². The molecule has 5 heteroatoms. The molecule has 0 spiro atoms. The van der Waals surface area contributed by atoms with Crippen molar-refractivity contribution in [2.45, 2.75) is 0 Å². The van der Waals surface area contributed by atoms with Crippen LogP contribution in [0.15, 0.2) is 36.7 Å². The van der Waals surface area contributed by atoms with Crippen LogP contribution >= 0.6 is 23.2 Å². The second-order valence-corrected chi connectivity index (χ2v) is 4.06. The summed E-state index contributed by atoms with van der Waals surface area (Å²) in [6.07, 6.45) is 3.22. The largest absolute Gasteiger partial charge is 0.396 e. The van der Waals surface area contributed by atoms with Gasteiger partial charge in [-0.15, -0.1) is 0 Å². The van der Waals surface area contributed by atoms with E-state index in [0.29, 0.717) is 21.4 Å². The zero-order chi connectivity index (χ0) is 11.5. The molecule has 2 rings (SSSR count). The van der Waals surface area contributed by atoms with Crippen LogP contribution in [-0.4, -0.2) is 4.98 Å². The van der Waals surface area contributed by atoms with E-state index in [0.717, 1.165) is 5.69 Å². The van der Waals surface area contributed by atoms with Gasteiger partial charge in [-0.3, -0.25) is 4.98 Å². The minimum atomic E-state index is 0.554. The molecule has 0 saturated carbocycles. The number of halogens is 2. The molecule has 0 aliphatic heterocycles. The van der Waals surface area contributed by atoms with Crippen molar-refractivity contribution in [3.63, 3.8) is 0 Å². The molecule has 1 aromatic carbocycles. The second-order valence-electron chi connectivity index (χ2n) is 3.21. The topological polar surface area (TPSA) is 50.9 Å². The summed E-state index contributed by atoms with van der Waals surface area (Å²) in [5, 5.41) is 4.29. The molecule has 1 heterocycles. The van der Waals surface area contributed by atoms with Gasteiger partial charge in [-0.05, 0) is 24.3 Å². The van der Waals surface area contributed by atoms with Crippen molar-refractivity contribution in [3.8, 4) is 0 Å². The van der Waals surface area contributed by atoms with Gasteiger partial charge in [0.25, 0.3) is 0 Å². The number of pyridine rings is 1. The average Bonchev–Trinajstić information content (AvgIpc) is 2.27. The first kappa shape index (κ1) is 11.0. The van der Waals surface area contributed by atoms with Crippen molar-refractivity contribution in [1.29, 1.82) is 0 Å². The Morgan fingerprint density at radius 3 is 2.69 bits per heavy atom. The van der Waals surface area contributed by atoms with Crippen LogP contribution in [0, 0.1) is 0 Å². The smallest absolute Gasteiger partial charge is 0.0739 e. The maximum atomic E-state index is 6.02. The highest BCUT2D eigenvalue weighted by Crippen LogP contribution is 2.30. The first-order valence-electron chi connectivity index (χ1n) is 4.58. The lowest BCUT2D eigenvalue weighted by molar-refractivity contribution is 1.33. The first-order valence-corrected chi connectivity index (χ1v) is 5.34.